The highest BCUT2D eigenvalue weighted by atomic mass is 32.2. The van der Waals surface area contributed by atoms with Gasteiger partial charge in [0.15, 0.2) is 0 Å². The molecule has 0 amide bonds. The first-order valence-corrected chi connectivity index (χ1v) is 7.30. The normalized spacial score (nSPS) is 13.4. The van der Waals surface area contributed by atoms with Gasteiger partial charge in [-0.2, -0.15) is 0 Å². The van der Waals surface area contributed by atoms with E-state index in [-0.39, 0.29) is 10.3 Å². The molecule has 0 aromatic heterocycles. The van der Waals surface area contributed by atoms with Crippen LogP contribution in [0.2, 0.25) is 0 Å². The minimum atomic E-state index is -2.21. The molecular formula is C14H21O3S-. The minimum absolute atomic E-state index is 0.0650. The topological polar surface area (TPSA) is 49.4 Å². The fraction of sp³-hybridized carbons (Fsp3) is 0.571. The van der Waals surface area contributed by atoms with Crippen LogP contribution in [-0.2, 0) is 16.5 Å². The smallest absolute Gasteiger partial charge is 0.124 e. The van der Waals surface area contributed by atoms with E-state index in [1.165, 1.54) is 0 Å². The van der Waals surface area contributed by atoms with Crippen LogP contribution in [0.3, 0.4) is 0 Å². The zero-order valence-corrected chi connectivity index (χ0v) is 12.3. The van der Waals surface area contributed by atoms with Gasteiger partial charge in [0.2, 0.25) is 0 Å². The Labute approximate surface area is 112 Å². The fourth-order valence-corrected chi connectivity index (χ4v) is 2.05. The Morgan fingerprint density at radius 3 is 2.50 bits per heavy atom. The first-order valence-electron chi connectivity index (χ1n) is 6.23. The molecule has 0 heterocycles. The van der Waals surface area contributed by atoms with E-state index in [1.54, 1.807) is 12.1 Å². The molecule has 0 aliphatic rings. The quantitative estimate of drug-likeness (QED) is 0.608. The summed E-state index contributed by atoms with van der Waals surface area (Å²) in [6.45, 7) is 8.97. The van der Waals surface area contributed by atoms with Gasteiger partial charge in [0, 0.05) is 4.90 Å². The van der Waals surface area contributed by atoms with Crippen molar-refractivity contribution < 1.29 is 13.5 Å². The summed E-state index contributed by atoms with van der Waals surface area (Å²) in [5.74, 6) is 0.678. The SMILES string of the molecule is CCCCOc1cc(S(=O)[O-])ccc1C(C)(C)C. The summed E-state index contributed by atoms with van der Waals surface area (Å²) < 4.78 is 27.7. The summed E-state index contributed by atoms with van der Waals surface area (Å²) in [5.41, 5.74) is 0.970. The van der Waals surface area contributed by atoms with Crippen LogP contribution in [0.5, 0.6) is 5.75 Å². The van der Waals surface area contributed by atoms with Crippen molar-refractivity contribution in [3.63, 3.8) is 0 Å². The van der Waals surface area contributed by atoms with Gasteiger partial charge in [-0.3, -0.25) is 4.21 Å². The molecule has 0 aliphatic heterocycles. The van der Waals surface area contributed by atoms with Crippen molar-refractivity contribution in [3.05, 3.63) is 23.8 Å². The van der Waals surface area contributed by atoms with Gasteiger partial charge in [-0.25, -0.2) is 0 Å². The van der Waals surface area contributed by atoms with Gasteiger partial charge in [0.1, 0.15) is 5.75 Å². The Balaban J connectivity index is 3.06. The fourth-order valence-electron chi connectivity index (χ4n) is 1.67. The lowest BCUT2D eigenvalue weighted by atomic mass is 9.86. The number of ether oxygens (including phenoxy) is 1. The van der Waals surface area contributed by atoms with Gasteiger partial charge in [-0.15, -0.1) is 0 Å². The highest BCUT2D eigenvalue weighted by molar-refractivity contribution is 7.79. The summed E-state index contributed by atoms with van der Waals surface area (Å²) >= 11 is -2.21. The monoisotopic (exact) mass is 269 g/mol. The Bertz CT molecular complexity index is 422. The summed E-state index contributed by atoms with van der Waals surface area (Å²) in [5, 5.41) is 0. The maximum atomic E-state index is 11.0. The van der Waals surface area contributed by atoms with E-state index < -0.39 is 11.1 Å². The third-order valence-corrected chi connectivity index (χ3v) is 3.35. The van der Waals surface area contributed by atoms with E-state index in [9.17, 15) is 8.76 Å². The van der Waals surface area contributed by atoms with Crippen LogP contribution in [0.1, 0.15) is 46.1 Å². The lowest BCUT2D eigenvalue weighted by molar-refractivity contribution is 0.300. The van der Waals surface area contributed by atoms with Gasteiger partial charge >= 0.3 is 0 Å². The Morgan fingerprint density at radius 1 is 1.33 bits per heavy atom. The maximum Gasteiger partial charge on any atom is 0.124 e. The number of rotatable bonds is 5. The van der Waals surface area contributed by atoms with E-state index >= 15 is 0 Å². The van der Waals surface area contributed by atoms with Crippen molar-refractivity contribution in [2.45, 2.75) is 50.8 Å². The molecule has 1 aromatic rings. The van der Waals surface area contributed by atoms with Crippen molar-refractivity contribution in [1.29, 1.82) is 0 Å². The molecular weight excluding hydrogens is 248 g/mol. The van der Waals surface area contributed by atoms with E-state index in [1.807, 2.05) is 6.07 Å². The second-order valence-electron chi connectivity index (χ2n) is 5.34. The highest BCUT2D eigenvalue weighted by Gasteiger charge is 2.19. The molecule has 0 saturated carbocycles. The van der Waals surface area contributed by atoms with Gasteiger partial charge in [0.05, 0.1) is 6.61 Å². The molecule has 0 bridgehead atoms. The predicted octanol–water partition coefficient (Wildman–Crippen LogP) is 3.40. The van der Waals surface area contributed by atoms with Gasteiger partial charge in [-0.1, -0.05) is 40.2 Å². The van der Waals surface area contributed by atoms with E-state index in [4.69, 9.17) is 4.74 Å². The molecule has 0 radical (unpaired) electrons. The zero-order valence-electron chi connectivity index (χ0n) is 11.5. The lowest BCUT2D eigenvalue weighted by Crippen LogP contribution is -2.14. The molecule has 0 aliphatic carbocycles. The van der Waals surface area contributed by atoms with Gasteiger partial charge < -0.3 is 9.29 Å². The van der Waals surface area contributed by atoms with Crippen molar-refractivity contribution in [3.8, 4) is 5.75 Å². The van der Waals surface area contributed by atoms with Gasteiger partial charge in [-0.05, 0) is 40.6 Å². The van der Waals surface area contributed by atoms with Crippen molar-refractivity contribution in [2.75, 3.05) is 6.61 Å². The molecule has 18 heavy (non-hydrogen) atoms. The van der Waals surface area contributed by atoms with Crippen molar-refractivity contribution in [2.24, 2.45) is 0 Å². The molecule has 0 spiro atoms. The van der Waals surface area contributed by atoms with Crippen molar-refractivity contribution >= 4 is 11.1 Å². The van der Waals surface area contributed by atoms with Crippen LogP contribution in [0.25, 0.3) is 0 Å². The molecule has 1 unspecified atom stereocenters. The van der Waals surface area contributed by atoms with Gasteiger partial charge in [0.25, 0.3) is 0 Å². The third kappa shape index (κ3) is 4.10. The highest BCUT2D eigenvalue weighted by Crippen LogP contribution is 2.32. The second-order valence-corrected chi connectivity index (χ2v) is 6.29. The molecule has 1 rings (SSSR count). The largest absolute Gasteiger partial charge is 0.768 e. The van der Waals surface area contributed by atoms with Crippen LogP contribution >= 0.6 is 0 Å². The van der Waals surface area contributed by atoms with Crippen LogP contribution in [0.4, 0.5) is 0 Å². The van der Waals surface area contributed by atoms with Crippen LogP contribution in [0, 0.1) is 0 Å². The van der Waals surface area contributed by atoms with Crippen molar-refractivity contribution in [1.82, 2.24) is 0 Å². The molecule has 102 valence electrons. The molecule has 0 N–H and O–H groups in total. The average Bonchev–Trinajstić information content (AvgIpc) is 2.27. The predicted molar refractivity (Wildman–Crippen MR) is 72.7 cm³/mol. The summed E-state index contributed by atoms with van der Waals surface area (Å²) in [6, 6.07) is 5.07. The second kappa shape index (κ2) is 6.34. The number of hydrogen-bond acceptors (Lipinski definition) is 3. The molecule has 1 atom stereocenters. The molecule has 1 aromatic carbocycles. The zero-order chi connectivity index (χ0) is 13.8. The Morgan fingerprint density at radius 2 is 2.00 bits per heavy atom. The molecule has 4 heteroatoms. The summed E-state index contributed by atoms with van der Waals surface area (Å²) in [7, 11) is 0. The third-order valence-electron chi connectivity index (χ3n) is 2.71. The number of benzene rings is 1. The maximum absolute atomic E-state index is 11.0. The number of hydrogen-bond donors (Lipinski definition) is 0. The Kier molecular flexibility index (Phi) is 5.35. The van der Waals surface area contributed by atoms with E-state index in [0.29, 0.717) is 12.4 Å². The summed E-state index contributed by atoms with van der Waals surface area (Å²) in [6.07, 6.45) is 2.02. The molecule has 3 nitrogen and oxygen atoms in total. The van der Waals surface area contributed by atoms with Crippen LogP contribution in [-0.4, -0.2) is 15.4 Å². The minimum Gasteiger partial charge on any atom is -0.768 e. The molecule has 0 fully saturated rings. The summed E-state index contributed by atoms with van der Waals surface area (Å²) in [4.78, 5) is 0.273. The van der Waals surface area contributed by atoms with Crippen LogP contribution in [0.15, 0.2) is 23.1 Å². The first-order chi connectivity index (χ1) is 8.36. The first kappa shape index (κ1) is 15.2. The van der Waals surface area contributed by atoms with E-state index in [2.05, 4.69) is 27.7 Å². The average molecular weight is 269 g/mol. The standard InChI is InChI=1S/C14H22O3S/c1-5-6-9-17-13-10-11(18(15)16)7-8-12(13)14(2,3)4/h7-8,10H,5-6,9H2,1-4H3,(H,15,16)/p-1. The molecule has 0 saturated heterocycles. The van der Waals surface area contributed by atoms with Crippen LogP contribution < -0.4 is 4.74 Å². The van der Waals surface area contributed by atoms with E-state index in [0.717, 1.165) is 18.4 Å². The Hall–Kier alpha value is -0.870. The number of unbranched alkanes of at least 4 members (excludes halogenated alkanes) is 1. The lowest BCUT2D eigenvalue weighted by Gasteiger charge is -2.23.